The molecule has 70 valence electrons. The fourth-order valence-corrected chi connectivity index (χ4v) is 0.890. The Morgan fingerprint density at radius 3 is 2.67 bits per heavy atom. The number of amides is 1. The molecule has 3 nitrogen and oxygen atoms in total. The smallest absolute Gasteiger partial charge is 0.249 e. The summed E-state index contributed by atoms with van der Waals surface area (Å²) in [6, 6.07) is 0. The van der Waals surface area contributed by atoms with Gasteiger partial charge in [0.05, 0.1) is 12.1 Å². The van der Waals surface area contributed by atoms with E-state index in [2.05, 4.69) is 5.32 Å². The Bertz CT molecular complexity index is 178. The summed E-state index contributed by atoms with van der Waals surface area (Å²) < 4.78 is 17.2. The predicted molar refractivity (Wildman–Crippen MR) is 42.6 cm³/mol. The lowest BCUT2D eigenvalue weighted by atomic mass is 10.1. The number of alkyl halides is 1. The lowest BCUT2D eigenvalue weighted by Gasteiger charge is -2.30. The van der Waals surface area contributed by atoms with Crippen LogP contribution in [-0.4, -0.2) is 30.8 Å². The largest absolute Gasteiger partial charge is 0.368 e. The van der Waals surface area contributed by atoms with Crippen LogP contribution in [-0.2, 0) is 9.53 Å². The van der Waals surface area contributed by atoms with Gasteiger partial charge < -0.3 is 10.1 Å². The monoisotopic (exact) mass is 175 g/mol. The van der Waals surface area contributed by atoms with Gasteiger partial charge in [0.15, 0.2) is 0 Å². The SMILES string of the molecule is CC(C)(CF)NC(=O)C1CCO1. The summed E-state index contributed by atoms with van der Waals surface area (Å²) in [6.07, 6.45) is 0.393. The summed E-state index contributed by atoms with van der Waals surface area (Å²) in [5.74, 6) is -0.205. The van der Waals surface area contributed by atoms with Gasteiger partial charge in [0.2, 0.25) is 5.91 Å². The van der Waals surface area contributed by atoms with Crippen molar-refractivity contribution in [1.82, 2.24) is 5.32 Å². The fraction of sp³-hybridized carbons (Fsp3) is 0.875. The molecular weight excluding hydrogens is 161 g/mol. The number of hydrogen-bond acceptors (Lipinski definition) is 2. The van der Waals surface area contributed by atoms with Crippen molar-refractivity contribution in [2.75, 3.05) is 13.3 Å². The Kier molecular flexibility index (Phi) is 2.67. The molecule has 0 aromatic rings. The van der Waals surface area contributed by atoms with Crippen molar-refractivity contribution >= 4 is 5.91 Å². The molecule has 1 aliphatic heterocycles. The molecule has 0 aliphatic carbocycles. The lowest BCUT2D eigenvalue weighted by molar-refractivity contribution is -0.146. The zero-order valence-electron chi connectivity index (χ0n) is 7.39. The van der Waals surface area contributed by atoms with Crippen LogP contribution in [0.5, 0.6) is 0 Å². The van der Waals surface area contributed by atoms with E-state index in [1.165, 1.54) is 0 Å². The molecule has 1 atom stereocenters. The molecule has 0 bridgehead atoms. The average Bonchev–Trinajstić information content (AvgIpc) is 1.82. The highest BCUT2D eigenvalue weighted by atomic mass is 19.1. The van der Waals surface area contributed by atoms with Gasteiger partial charge in [0.1, 0.15) is 12.8 Å². The fourth-order valence-electron chi connectivity index (χ4n) is 0.890. The van der Waals surface area contributed by atoms with Crippen LogP contribution in [0.1, 0.15) is 20.3 Å². The summed E-state index contributed by atoms with van der Waals surface area (Å²) >= 11 is 0. The van der Waals surface area contributed by atoms with Crippen molar-refractivity contribution in [3.05, 3.63) is 0 Å². The van der Waals surface area contributed by atoms with Gasteiger partial charge in [-0.1, -0.05) is 0 Å². The van der Waals surface area contributed by atoms with E-state index in [0.29, 0.717) is 6.61 Å². The van der Waals surface area contributed by atoms with Crippen molar-refractivity contribution in [2.45, 2.75) is 31.9 Å². The molecule has 1 rings (SSSR count). The highest BCUT2D eigenvalue weighted by Gasteiger charge is 2.30. The molecule has 1 aliphatic rings. The summed E-state index contributed by atoms with van der Waals surface area (Å²) in [6.45, 7) is 3.35. The van der Waals surface area contributed by atoms with Crippen LogP contribution in [0.25, 0.3) is 0 Å². The second-order valence-corrected chi connectivity index (χ2v) is 3.65. The number of rotatable bonds is 3. The van der Waals surface area contributed by atoms with E-state index in [9.17, 15) is 9.18 Å². The molecule has 0 spiro atoms. The van der Waals surface area contributed by atoms with Gasteiger partial charge in [0, 0.05) is 6.42 Å². The first kappa shape index (κ1) is 9.45. The van der Waals surface area contributed by atoms with Crippen molar-refractivity contribution < 1.29 is 13.9 Å². The maximum absolute atomic E-state index is 12.3. The van der Waals surface area contributed by atoms with Crippen molar-refractivity contribution in [1.29, 1.82) is 0 Å². The quantitative estimate of drug-likeness (QED) is 0.683. The second kappa shape index (κ2) is 3.39. The number of nitrogens with one attached hydrogen (secondary N) is 1. The van der Waals surface area contributed by atoms with Gasteiger partial charge in [-0.25, -0.2) is 4.39 Å². The zero-order chi connectivity index (χ0) is 9.19. The molecule has 1 N–H and O–H groups in total. The second-order valence-electron chi connectivity index (χ2n) is 3.65. The zero-order valence-corrected chi connectivity index (χ0v) is 7.39. The highest BCUT2D eigenvalue weighted by Crippen LogP contribution is 2.12. The highest BCUT2D eigenvalue weighted by molar-refractivity contribution is 5.82. The minimum atomic E-state index is -0.768. The van der Waals surface area contributed by atoms with Gasteiger partial charge in [-0.15, -0.1) is 0 Å². The standard InChI is InChI=1S/C8H14FNO2/c1-8(2,5-9)10-7(11)6-3-4-12-6/h6H,3-5H2,1-2H3,(H,10,11). The van der Waals surface area contributed by atoms with Gasteiger partial charge in [-0.3, -0.25) is 4.79 Å². The van der Waals surface area contributed by atoms with Crippen LogP contribution in [0.3, 0.4) is 0 Å². The summed E-state index contributed by atoms with van der Waals surface area (Å²) in [5, 5.41) is 2.57. The van der Waals surface area contributed by atoms with Crippen molar-refractivity contribution in [2.24, 2.45) is 0 Å². The molecule has 0 aromatic heterocycles. The average molecular weight is 175 g/mol. The Morgan fingerprint density at radius 1 is 1.75 bits per heavy atom. The van der Waals surface area contributed by atoms with Crippen LogP contribution in [0.15, 0.2) is 0 Å². The first-order chi connectivity index (χ1) is 5.55. The third-order valence-electron chi connectivity index (χ3n) is 1.79. The topological polar surface area (TPSA) is 38.3 Å². The van der Waals surface area contributed by atoms with E-state index in [4.69, 9.17) is 4.74 Å². The number of halogens is 1. The molecule has 12 heavy (non-hydrogen) atoms. The van der Waals surface area contributed by atoms with Crippen LogP contribution in [0, 0.1) is 0 Å². The van der Waals surface area contributed by atoms with Crippen LogP contribution >= 0.6 is 0 Å². The first-order valence-electron chi connectivity index (χ1n) is 4.05. The van der Waals surface area contributed by atoms with Gasteiger partial charge >= 0.3 is 0 Å². The minimum absolute atomic E-state index is 0.205. The van der Waals surface area contributed by atoms with Gasteiger partial charge in [0.25, 0.3) is 0 Å². The first-order valence-corrected chi connectivity index (χ1v) is 4.05. The Labute approximate surface area is 71.3 Å². The number of carbonyl (C=O) groups is 1. The maximum Gasteiger partial charge on any atom is 0.249 e. The van der Waals surface area contributed by atoms with Gasteiger partial charge in [-0.2, -0.15) is 0 Å². The summed E-state index contributed by atoms with van der Waals surface area (Å²) in [7, 11) is 0. The van der Waals surface area contributed by atoms with Crippen molar-refractivity contribution in [3.8, 4) is 0 Å². The van der Waals surface area contributed by atoms with Crippen LogP contribution in [0.4, 0.5) is 4.39 Å². The van der Waals surface area contributed by atoms with Crippen LogP contribution in [0.2, 0.25) is 0 Å². The molecule has 1 fully saturated rings. The van der Waals surface area contributed by atoms with E-state index < -0.39 is 12.2 Å². The maximum atomic E-state index is 12.3. The molecule has 1 heterocycles. The predicted octanol–water partition coefficient (Wildman–Crippen LogP) is 0.640. The Morgan fingerprint density at radius 2 is 2.33 bits per heavy atom. The number of carbonyl (C=O) groups excluding carboxylic acids is 1. The van der Waals surface area contributed by atoms with E-state index >= 15 is 0 Å². The Hall–Kier alpha value is -0.640. The van der Waals surface area contributed by atoms with Crippen LogP contribution < -0.4 is 5.32 Å². The molecule has 0 saturated carbocycles. The lowest BCUT2D eigenvalue weighted by Crippen LogP contribution is -2.52. The van der Waals surface area contributed by atoms with E-state index in [1.54, 1.807) is 13.8 Å². The molecule has 1 unspecified atom stereocenters. The number of ether oxygens (including phenoxy) is 1. The van der Waals surface area contributed by atoms with Gasteiger partial charge in [-0.05, 0) is 13.8 Å². The molecule has 1 amide bonds. The van der Waals surface area contributed by atoms with E-state index in [1.807, 2.05) is 0 Å². The van der Waals surface area contributed by atoms with E-state index in [-0.39, 0.29) is 12.0 Å². The normalized spacial score (nSPS) is 23.1. The van der Waals surface area contributed by atoms with Crippen molar-refractivity contribution in [3.63, 3.8) is 0 Å². The summed E-state index contributed by atoms with van der Waals surface area (Å²) in [4.78, 5) is 11.2. The molecule has 0 radical (unpaired) electrons. The minimum Gasteiger partial charge on any atom is -0.368 e. The molecule has 1 saturated heterocycles. The third kappa shape index (κ3) is 2.17. The van der Waals surface area contributed by atoms with E-state index in [0.717, 1.165) is 6.42 Å². The molecule has 0 aromatic carbocycles. The summed E-state index contributed by atoms with van der Waals surface area (Å²) in [5.41, 5.74) is -0.768. The number of hydrogen-bond donors (Lipinski definition) is 1. The third-order valence-corrected chi connectivity index (χ3v) is 1.79. The molecular formula is C8H14FNO2. The Balaban J connectivity index is 2.34. The molecule has 4 heteroatoms.